The highest BCUT2D eigenvalue weighted by molar-refractivity contribution is 14.1. The summed E-state index contributed by atoms with van der Waals surface area (Å²) in [6.07, 6.45) is 0.971. The number of anilines is 1. The van der Waals surface area contributed by atoms with E-state index in [1.54, 1.807) is 11.3 Å². The second kappa shape index (κ2) is 6.41. The van der Waals surface area contributed by atoms with Gasteiger partial charge >= 0.3 is 0 Å². The maximum Gasteiger partial charge on any atom is 0.257 e. The van der Waals surface area contributed by atoms with E-state index in [9.17, 15) is 4.79 Å². The zero-order valence-electron chi connectivity index (χ0n) is 11.7. The third-order valence-corrected chi connectivity index (χ3v) is 5.23. The van der Waals surface area contributed by atoms with E-state index in [4.69, 9.17) is 0 Å². The molecule has 0 saturated heterocycles. The number of nitrogens with one attached hydrogen (secondary N) is 1. The number of rotatable bonds is 3. The molecule has 1 amide bonds. The number of benzene rings is 1. The van der Waals surface area contributed by atoms with Crippen LogP contribution in [-0.4, -0.2) is 28.9 Å². The number of amides is 1. The Balaban J connectivity index is 1.74. The number of aromatic nitrogens is 1. The Morgan fingerprint density at radius 3 is 3.14 bits per heavy atom. The minimum absolute atomic E-state index is 0.0908. The number of carbonyl (C=O) groups is 1. The first-order chi connectivity index (χ1) is 10.2. The van der Waals surface area contributed by atoms with Crippen molar-refractivity contribution in [2.75, 3.05) is 18.4 Å². The third kappa shape index (κ3) is 3.44. The van der Waals surface area contributed by atoms with E-state index in [0.717, 1.165) is 35.3 Å². The maximum absolute atomic E-state index is 12.2. The Hall–Kier alpha value is -0.990. The van der Waals surface area contributed by atoms with Gasteiger partial charge in [0.2, 0.25) is 0 Å². The van der Waals surface area contributed by atoms with Crippen LogP contribution < -0.4 is 5.32 Å². The van der Waals surface area contributed by atoms with Crippen LogP contribution in [0.2, 0.25) is 0 Å². The Bertz CT molecular complexity index is 671. The van der Waals surface area contributed by atoms with E-state index in [1.807, 2.05) is 24.3 Å². The third-order valence-electron chi connectivity index (χ3n) is 3.56. The standard InChI is InChI=1S/C15H16IN3OS/c1-2-19-7-6-12-13(9-19)21-15(17-12)18-14(20)10-4-3-5-11(16)8-10/h3-5,8H,2,6-7,9H2,1H3,(H,17,18,20). The molecule has 21 heavy (non-hydrogen) atoms. The lowest BCUT2D eigenvalue weighted by Gasteiger charge is -2.23. The molecule has 0 saturated carbocycles. The summed E-state index contributed by atoms with van der Waals surface area (Å²) in [5, 5.41) is 3.63. The number of thiazole rings is 1. The van der Waals surface area contributed by atoms with Crippen molar-refractivity contribution in [1.29, 1.82) is 0 Å². The van der Waals surface area contributed by atoms with Crippen LogP contribution in [0.1, 0.15) is 27.9 Å². The van der Waals surface area contributed by atoms with Crippen LogP contribution in [-0.2, 0) is 13.0 Å². The molecule has 0 unspecified atom stereocenters. The lowest BCUT2D eigenvalue weighted by atomic mass is 10.2. The van der Waals surface area contributed by atoms with Gasteiger partial charge in [0, 0.05) is 33.5 Å². The number of likely N-dealkylation sites (N-methyl/N-ethyl adjacent to an activating group) is 1. The van der Waals surface area contributed by atoms with E-state index in [-0.39, 0.29) is 5.91 Å². The van der Waals surface area contributed by atoms with Gasteiger partial charge in [-0.15, -0.1) is 11.3 Å². The Morgan fingerprint density at radius 2 is 2.38 bits per heavy atom. The van der Waals surface area contributed by atoms with Crippen molar-refractivity contribution in [3.05, 3.63) is 44.0 Å². The number of nitrogens with zero attached hydrogens (tertiary/aromatic N) is 2. The average Bonchev–Trinajstić information content (AvgIpc) is 2.88. The summed E-state index contributed by atoms with van der Waals surface area (Å²) in [5.74, 6) is -0.0908. The van der Waals surface area contributed by atoms with Crippen molar-refractivity contribution in [2.24, 2.45) is 0 Å². The van der Waals surface area contributed by atoms with Gasteiger partial charge in [-0.1, -0.05) is 13.0 Å². The molecule has 6 heteroatoms. The number of halogens is 1. The summed E-state index contributed by atoms with van der Waals surface area (Å²) in [4.78, 5) is 20.5. The van der Waals surface area contributed by atoms with E-state index < -0.39 is 0 Å². The molecular weight excluding hydrogens is 397 g/mol. The molecule has 0 aliphatic carbocycles. The molecule has 3 rings (SSSR count). The zero-order chi connectivity index (χ0) is 14.8. The van der Waals surface area contributed by atoms with E-state index in [1.165, 1.54) is 4.88 Å². The van der Waals surface area contributed by atoms with Crippen LogP contribution in [0.3, 0.4) is 0 Å². The summed E-state index contributed by atoms with van der Waals surface area (Å²) in [5.41, 5.74) is 1.81. The van der Waals surface area contributed by atoms with Crippen molar-refractivity contribution >= 4 is 45.0 Å². The van der Waals surface area contributed by atoms with E-state index in [0.29, 0.717) is 10.7 Å². The number of carbonyl (C=O) groups excluding carboxylic acids is 1. The van der Waals surface area contributed by atoms with Crippen LogP contribution in [0.4, 0.5) is 5.13 Å². The van der Waals surface area contributed by atoms with Crippen molar-refractivity contribution in [3.63, 3.8) is 0 Å². The lowest BCUT2D eigenvalue weighted by molar-refractivity contribution is 0.102. The molecule has 0 radical (unpaired) electrons. The highest BCUT2D eigenvalue weighted by atomic mass is 127. The van der Waals surface area contributed by atoms with Gasteiger partial charge in [0.25, 0.3) is 5.91 Å². The van der Waals surface area contributed by atoms with Crippen molar-refractivity contribution in [3.8, 4) is 0 Å². The molecule has 2 aromatic rings. The predicted octanol–water partition coefficient (Wildman–Crippen LogP) is 3.38. The smallest absolute Gasteiger partial charge is 0.257 e. The largest absolute Gasteiger partial charge is 0.298 e. The average molecular weight is 413 g/mol. The van der Waals surface area contributed by atoms with Crippen molar-refractivity contribution < 1.29 is 4.79 Å². The van der Waals surface area contributed by atoms with Crippen molar-refractivity contribution in [2.45, 2.75) is 19.9 Å². The van der Waals surface area contributed by atoms with Gasteiger partial charge in [-0.2, -0.15) is 0 Å². The lowest BCUT2D eigenvalue weighted by Crippen LogP contribution is -2.29. The fraction of sp³-hybridized carbons (Fsp3) is 0.333. The molecule has 1 aromatic heterocycles. The summed E-state index contributed by atoms with van der Waals surface area (Å²) in [6, 6.07) is 7.56. The summed E-state index contributed by atoms with van der Waals surface area (Å²) < 4.78 is 1.05. The monoisotopic (exact) mass is 413 g/mol. The van der Waals surface area contributed by atoms with E-state index in [2.05, 4.69) is 44.7 Å². The molecule has 0 bridgehead atoms. The normalized spacial score (nSPS) is 14.8. The number of fused-ring (bicyclic) bond motifs is 1. The first-order valence-electron chi connectivity index (χ1n) is 6.93. The molecular formula is C15H16IN3OS. The van der Waals surface area contributed by atoms with Gasteiger partial charge in [-0.3, -0.25) is 15.0 Å². The molecule has 0 atom stereocenters. The van der Waals surface area contributed by atoms with Crippen LogP contribution in [0.5, 0.6) is 0 Å². The summed E-state index contributed by atoms with van der Waals surface area (Å²) in [6.45, 7) is 5.23. The van der Waals surface area contributed by atoms with Gasteiger partial charge in [0.15, 0.2) is 5.13 Å². The minimum atomic E-state index is -0.0908. The number of hydrogen-bond acceptors (Lipinski definition) is 4. The Morgan fingerprint density at radius 1 is 1.52 bits per heavy atom. The fourth-order valence-electron chi connectivity index (χ4n) is 2.37. The zero-order valence-corrected chi connectivity index (χ0v) is 14.7. The molecule has 1 N–H and O–H groups in total. The summed E-state index contributed by atoms with van der Waals surface area (Å²) >= 11 is 3.80. The topological polar surface area (TPSA) is 45.2 Å². The predicted molar refractivity (Wildman–Crippen MR) is 93.9 cm³/mol. The highest BCUT2D eigenvalue weighted by Crippen LogP contribution is 2.28. The summed E-state index contributed by atoms with van der Waals surface area (Å²) in [7, 11) is 0. The van der Waals surface area contributed by atoms with Gasteiger partial charge < -0.3 is 0 Å². The Kier molecular flexibility index (Phi) is 4.56. The van der Waals surface area contributed by atoms with Gasteiger partial charge in [-0.25, -0.2) is 4.98 Å². The van der Waals surface area contributed by atoms with Crippen LogP contribution in [0.25, 0.3) is 0 Å². The molecule has 1 aliphatic rings. The molecule has 2 heterocycles. The first kappa shape index (κ1) is 14.9. The van der Waals surface area contributed by atoms with Gasteiger partial charge in [0.05, 0.1) is 5.69 Å². The SMILES string of the molecule is CCN1CCc2nc(NC(=O)c3cccc(I)c3)sc2C1. The highest BCUT2D eigenvalue weighted by Gasteiger charge is 2.20. The molecule has 4 nitrogen and oxygen atoms in total. The second-order valence-electron chi connectivity index (χ2n) is 4.97. The minimum Gasteiger partial charge on any atom is -0.298 e. The fourth-order valence-corrected chi connectivity index (χ4v) is 3.96. The first-order valence-corrected chi connectivity index (χ1v) is 8.83. The molecule has 1 aromatic carbocycles. The molecule has 110 valence electrons. The molecule has 1 aliphatic heterocycles. The van der Waals surface area contributed by atoms with Crippen molar-refractivity contribution in [1.82, 2.24) is 9.88 Å². The maximum atomic E-state index is 12.2. The second-order valence-corrected chi connectivity index (χ2v) is 7.30. The molecule has 0 fully saturated rings. The van der Waals surface area contributed by atoms with Crippen LogP contribution >= 0.6 is 33.9 Å². The quantitative estimate of drug-likeness (QED) is 0.785. The van der Waals surface area contributed by atoms with Crippen LogP contribution in [0, 0.1) is 3.57 Å². The van der Waals surface area contributed by atoms with Gasteiger partial charge in [0.1, 0.15) is 0 Å². The van der Waals surface area contributed by atoms with Gasteiger partial charge in [-0.05, 0) is 47.3 Å². The Labute approximate surface area is 141 Å². The van der Waals surface area contributed by atoms with Crippen LogP contribution in [0.15, 0.2) is 24.3 Å². The number of hydrogen-bond donors (Lipinski definition) is 1. The molecule has 0 spiro atoms. The van der Waals surface area contributed by atoms with E-state index >= 15 is 0 Å².